The molecule has 1 amide bonds. The Bertz CT molecular complexity index is 999. The van der Waals surface area contributed by atoms with Crippen molar-refractivity contribution in [3.63, 3.8) is 0 Å². The van der Waals surface area contributed by atoms with Crippen molar-refractivity contribution < 1.29 is 9.53 Å². The number of aromatic nitrogens is 4. The maximum Gasteiger partial charge on any atom is 0.407 e. The summed E-state index contributed by atoms with van der Waals surface area (Å²) in [5.74, 6) is 1.82. The number of para-hydroxylation sites is 1. The minimum absolute atomic E-state index is 0.209. The Hall–Kier alpha value is -3.03. The van der Waals surface area contributed by atoms with Crippen LogP contribution in [0, 0.1) is 0 Å². The third-order valence-corrected chi connectivity index (χ3v) is 5.82. The first-order chi connectivity index (χ1) is 13.1. The number of nitrogens with one attached hydrogen (secondary N) is 2. The molecule has 0 saturated carbocycles. The first-order valence-electron chi connectivity index (χ1n) is 9.27. The highest BCUT2D eigenvalue weighted by Gasteiger charge is 2.42. The maximum atomic E-state index is 11.4. The van der Waals surface area contributed by atoms with Gasteiger partial charge in [-0.25, -0.2) is 4.79 Å². The number of aromatic amines is 1. The number of H-pyrrole nitrogens is 1. The number of carbonyl (C=O) groups is 1. The van der Waals surface area contributed by atoms with E-state index >= 15 is 0 Å². The van der Waals surface area contributed by atoms with Gasteiger partial charge in [0.2, 0.25) is 5.95 Å². The van der Waals surface area contributed by atoms with Crippen molar-refractivity contribution in [2.24, 2.45) is 7.05 Å². The number of carbonyl (C=O) groups excluding carboxylic acids is 1. The van der Waals surface area contributed by atoms with Crippen molar-refractivity contribution >= 4 is 22.9 Å². The molecule has 3 aromatic rings. The molecule has 2 aliphatic rings. The van der Waals surface area contributed by atoms with Crippen LogP contribution in [-0.2, 0) is 18.2 Å². The van der Waals surface area contributed by atoms with Crippen molar-refractivity contribution in [1.82, 2.24) is 25.1 Å². The van der Waals surface area contributed by atoms with E-state index in [1.54, 1.807) is 0 Å². The molecule has 2 N–H and O–H groups in total. The molecule has 0 aliphatic carbocycles. The number of anilines is 1. The molecule has 8 heteroatoms. The van der Waals surface area contributed by atoms with Gasteiger partial charge in [0.25, 0.3) is 0 Å². The molecule has 2 fully saturated rings. The van der Waals surface area contributed by atoms with E-state index in [0.29, 0.717) is 6.61 Å². The quantitative estimate of drug-likeness (QED) is 0.740. The van der Waals surface area contributed by atoms with Gasteiger partial charge in [0.05, 0.1) is 5.54 Å². The molecule has 0 bridgehead atoms. The summed E-state index contributed by atoms with van der Waals surface area (Å²) in [7, 11) is 2.02. The van der Waals surface area contributed by atoms with Gasteiger partial charge in [-0.3, -0.25) is 0 Å². The van der Waals surface area contributed by atoms with Crippen LogP contribution in [-0.4, -0.2) is 51.1 Å². The van der Waals surface area contributed by atoms with Crippen LogP contribution in [0.4, 0.5) is 10.7 Å². The van der Waals surface area contributed by atoms with Gasteiger partial charge in [0.1, 0.15) is 12.4 Å². The second-order valence-corrected chi connectivity index (χ2v) is 7.48. The molecule has 2 aromatic heterocycles. The number of piperidine rings is 1. The van der Waals surface area contributed by atoms with Crippen LogP contribution >= 0.6 is 0 Å². The number of alkyl carbamates (subject to hydrolysis) is 1. The zero-order chi connectivity index (χ0) is 18.4. The zero-order valence-electron chi connectivity index (χ0n) is 15.2. The van der Waals surface area contributed by atoms with Crippen LogP contribution < -0.4 is 10.2 Å². The number of benzene rings is 1. The monoisotopic (exact) mass is 366 g/mol. The van der Waals surface area contributed by atoms with Crippen LogP contribution in [0.25, 0.3) is 10.9 Å². The normalized spacial score (nSPS) is 18.9. The minimum Gasteiger partial charge on any atom is -0.447 e. The summed E-state index contributed by atoms with van der Waals surface area (Å²) in [6.45, 7) is 2.11. The van der Waals surface area contributed by atoms with E-state index in [-0.39, 0.29) is 11.6 Å². The van der Waals surface area contributed by atoms with Crippen LogP contribution in [0.15, 0.2) is 30.5 Å². The lowest BCUT2D eigenvalue weighted by Crippen LogP contribution is -2.52. The second kappa shape index (κ2) is 6.00. The standard InChI is InChI=1S/C19H22N6O2/c1-24-16(10-13-11-20-15-5-3-2-4-14(13)15)22-23-17(24)25-8-6-19(7-9-25)12-27-18(26)21-19/h2-5,11,20H,6-10,12H2,1H3,(H,21,26). The average molecular weight is 366 g/mol. The van der Waals surface area contributed by atoms with E-state index < -0.39 is 0 Å². The number of rotatable bonds is 3. The first kappa shape index (κ1) is 16.2. The minimum atomic E-state index is -0.303. The average Bonchev–Trinajstić information content (AvgIpc) is 3.36. The van der Waals surface area contributed by atoms with Crippen LogP contribution in [0.3, 0.4) is 0 Å². The molecule has 0 atom stereocenters. The molecular formula is C19H22N6O2. The fourth-order valence-electron chi connectivity index (χ4n) is 4.13. The van der Waals surface area contributed by atoms with E-state index in [1.165, 1.54) is 10.9 Å². The lowest BCUT2D eigenvalue weighted by Gasteiger charge is -2.37. The van der Waals surface area contributed by atoms with Gasteiger partial charge < -0.3 is 24.5 Å². The van der Waals surface area contributed by atoms with Gasteiger partial charge in [-0.15, -0.1) is 10.2 Å². The van der Waals surface area contributed by atoms with Crippen LogP contribution in [0.1, 0.15) is 24.2 Å². The first-order valence-corrected chi connectivity index (χ1v) is 9.27. The lowest BCUT2D eigenvalue weighted by molar-refractivity contribution is 0.168. The van der Waals surface area contributed by atoms with E-state index in [2.05, 4.69) is 48.2 Å². The summed E-state index contributed by atoms with van der Waals surface area (Å²) < 4.78 is 7.18. The van der Waals surface area contributed by atoms with Crippen LogP contribution in [0.2, 0.25) is 0 Å². The Morgan fingerprint density at radius 3 is 2.81 bits per heavy atom. The third-order valence-electron chi connectivity index (χ3n) is 5.82. The third kappa shape index (κ3) is 2.72. The van der Waals surface area contributed by atoms with E-state index in [1.807, 2.05) is 19.3 Å². The summed E-state index contributed by atoms with van der Waals surface area (Å²) in [5.41, 5.74) is 2.15. The lowest BCUT2D eigenvalue weighted by atomic mass is 9.89. The van der Waals surface area contributed by atoms with E-state index in [9.17, 15) is 4.79 Å². The molecular weight excluding hydrogens is 344 g/mol. The predicted molar refractivity (Wildman–Crippen MR) is 101 cm³/mol. The molecule has 2 saturated heterocycles. The van der Waals surface area contributed by atoms with Gasteiger partial charge in [-0.2, -0.15) is 0 Å². The molecule has 140 valence electrons. The van der Waals surface area contributed by atoms with Crippen molar-refractivity contribution in [3.05, 3.63) is 41.9 Å². The van der Waals surface area contributed by atoms with Crippen LogP contribution in [0.5, 0.6) is 0 Å². The molecule has 1 aromatic carbocycles. The number of cyclic esters (lactones) is 1. The van der Waals surface area contributed by atoms with Crippen molar-refractivity contribution in [3.8, 4) is 0 Å². The molecule has 27 heavy (non-hydrogen) atoms. The molecule has 1 spiro atoms. The van der Waals surface area contributed by atoms with Gasteiger partial charge in [-0.1, -0.05) is 18.2 Å². The molecule has 2 aliphatic heterocycles. The van der Waals surface area contributed by atoms with Crippen molar-refractivity contribution in [1.29, 1.82) is 0 Å². The molecule has 0 radical (unpaired) electrons. The summed E-state index contributed by atoms with van der Waals surface area (Å²) >= 11 is 0. The number of nitrogens with zero attached hydrogens (tertiary/aromatic N) is 4. The van der Waals surface area contributed by atoms with Gasteiger partial charge in [0, 0.05) is 43.7 Å². The van der Waals surface area contributed by atoms with Gasteiger partial charge >= 0.3 is 6.09 Å². The molecule has 4 heterocycles. The van der Waals surface area contributed by atoms with Crippen molar-refractivity contribution in [2.75, 3.05) is 24.6 Å². The summed E-state index contributed by atoms with van der Waals surface area (Å²) in [6.07, 6.45) is 4.18. The molecule has 0 unspecified atom stereocenters. The fourth-order valence-corrected chi connectivity index (χ4v) is 4.13. The molecule has 8 nitrogen and oxygen atoms in total. The summed E-state index contributed by atoms with van der Waals surface area (Å²) in [4.78, 5) is 16.9. The zero-order valence-corrected chi connectivity index (χ0v) is 15.2. The fraction of sp³-hybridized carbons (Fsp3) is 0.421. The highest BCUT2D eigenvalue weighted by molar-refractivity contribution is 5.83. The largest absolute Gasteiger partial charge is 0.447 e. The smallest absolute Gasteiger partial charge is 0.407 e. The Kier molecular flexibility index (Phi) is 3.60. The predicted octanol–water partition coefficient (Wildman–Crippen LogP) is 1.97. The SMILES string of the molecule is Cn1c(Cc2c[nH]c3ccccc23)nnc1N1CCC2(CC1)COC(=O)N2. The van der Waals surface area contributed by atoms with Gasteiger partial charge in [-0.05, 0) is 24.5 Å². The number of ether oxygens (including phenoxy) is 1. The Balaban J connectivity index is 1.33. The van der Waals surface area contributed by atoms with Gasteiger partial charge in [0.15, 0.2) is 0 Å². The number of amides is 1. The van der Waals surface area contributed by atoms with E-state index in [0.717, 1.165) is 49.6 Å². The Morgan fingerprint density at radius 1 is 1.22 bits per heavy atom. The molecule has 5 rings (SSSR count). The van der Waals surface area contributed by atoms with E-state index in [4.69, 9.17) is 4.74 Å². The summed E-state index contributed by atoms with van der Waals surface area (Å²) in [6, 6.07) is 8.29. The van der Waals surface area contributed by atoms with Crippen molar-refractivity contribution in [2.45, 2.75) is 24.8 Å². The summed E-state index contributed by atoms with van der Waals surface area (Å²) in [5, 5.41) is 13.1. The highest BCUT2D eigenvalue weighted by atomic mass is 16.6. The number of fused-ring (bicyclic) bond motifs is 1. The Morgan fingerprint density at radius 2 is 2.04 bits per heavy atom. The Labute approximate surface area is 156 Å². The second-order valence-electron chi connectivity index (χ2n) is 7.48. The topological polar surface area (TPSA) is 88.1 Å². The number of hydrogen-bond donors (Lipinski definition) is 2. The highest BCUT2D eigenvalue weighted by Crippen LogP contribution is 2.29. The number of hydrogen-bond acceptors (Lipinski definition) is 5. The maximum absolute atomic E-state index is 11.4.